The molecule has 0 aliphatic carbocycles. The molecule has 2 aromatic carbocycles. The van der Waals surface area contributed by atoms with Gasteiger partial charge in [-0.2, -0.15) is 0 Å². The van der Waals surface area contributed by atoms with E-state index in [1.54, 1.807) is 41.3 Å². The number of rotatable bonds is 6. The number of ether oxygens (including phenoxy) is 1. The van der Waals surface area contributed by atoms with Crippen LogP contribution in [0.2, 0.25) is 0 Å². The van der Waals surface area contributed by atoms with Crippen molar-refractivity contribution in [1.82, 2.24) is 4.90 Å². The van der Waals surface area contributed by atoms with Gasteiger partial charge in [-0.25, -0.2) is 4.79 Å². The molecule has 1 saturated heterocycles. The van der Waals surface area contributed by atoms with Crippen molar-refractivity contribution >= 4 is 23.9 Å². The number of piperazine rings is 1. The molecular weight excluding hydrogens is 396 g/mol. The van der Waals surface area contributed by atoms with Gasteiger partial charge in [-0.15, -0.1) is 0 Å². The standard InChI is InChI=1S/C24H22N2O5/c27-16-21-10-11-22(31-21)18-6-8-19(9-7-18)24(29)30-17-23(28)26-14-12-25(13-15-26)20-4-2-1-3-5-20/h1-11,16H,12-15,17H2. The molecule has 1 aliphatic heterocycles. The number of carbonyl (C=O) groups excluding carboxylic acids is 3. The van der Waals surface area contributed by atoms with Gasteiger partial charge in [-0.05, 0) is 36.4 Å². The van der Waals surface area contributed by atoms with Crippen molar-refractivity contribution < 1.29 is 23.5 Å². The fourth-order valence-electron chi connectivity index (χ4n) is 3.50. The van der Waals surface area contributed by atoms with E-state index in [1.807, 2.05) is 18.2 Å². The number of anilines is 1. The number of para-hydroxylation sites is 1. The van der Waals surface area contributed by atoms with E-state index in [1.165, 1.54) is 0 Å². The zero-order valence-corrected chi connectivity index (χ0v) is 16.9. The molecule has 4 rings (SSSR count). The molecule has 3 aromatic rings. The largest absolute Gasteiger partial charge is 0.453 e. The fourth-order valence-corrected chi connectivity index (χ4v) is 3.50. The lowest BCUT2D eigenvalue weighted by Gasteiger charge is -2.36. The predicted molar refractivity (Wildman–Crippen MR) is 115 cm³/mol. The summed E-state index contributed by atoms with van der Waals surface area (Å²) in [6, 6.07) is 20.0. The number of furan rings is 1. The Bertz CT molecular complexity index is 1050. The van der Waals surface area contributed by atoms with E-state index in [-0.39, 0.29) is 18.3 Å². The van der Waals surface area contributed by atoms with Crippen molar-refractivity contribution in [2.75, 3.05) is 37.7 Å². The predicted octanol–water partition coefficient (Wildman–Crippen LogP) is 3.26. The van der Waals surface area contributed by atoms with Crippen LogP contribution in [0.15, 0.2) is 71.1 Å². The van der Waals surface area contributed by atoms with Gasteiger partial charge in [0.15, 0.2) is 18.7 Å². The number of hydrogen-bond acceptors (Lipinski definition) is 6. The first-order valence-corrected chi connectivity index (χ1v) is 10.0. The van der Waals surface area contributed by atoms with E-state index in [0.717, 1.165) is 24.3 Å². The molecule has 7 heteroatoms. The molecule has 1 fully saturated rings. The Morgan fingerprint density at radius 3 is 2.26 bits per heavy atom. The second kappa shape index (κ2) is 9.30. The van der Waals surface area contributed by atoms with Gasteiger partial charge in [-0.1, -0.05) is 30.3 Å². The Morgan fingerprint density at radius 1 is 0.903 bits per heavy atom. The summed E-state index contributed by atoms with van der Waals surface area (Å²) in [5.74, 6) is 0.0129. The number of carbonyl (C=O) groups is 3. The van der Waals surface area contributed by atoms with E-state index < -0.39 is 5.97 Å². The molecule has 0 unspecified atom stereocenters. The van der Waals surface area contributed by atoms with E-state index in [9.17, 15) is 14.4 Å². The number of hydrogen-bond donors (Lipinski definition) is 0. The summed E-state index contributed by atoms with van der Waals surface area (Å²) in [5, 5.41) is 0. The first-order chi connectivity index (χ1) is 15.1. The molecule has 0 radical (unpaired) electrons. The van der Waals surface area contributed by atoms with Crippen molar-refractivity contribution in [2.24, 2.45) is 0 Å². The molecule has 0 atom stereocenters. The van der Waals surface area contributed by atoms with Gasteiger partial charge in [0, 0.05) is 37.4 Å². The molecule has 158 valence electrons. The molecule has 1 aliphatic rings. The first kappa shape index (κ1) is 20.4. The Morgan fingerprint density at radius 2 is 1.61 bits per heavy atom. The van der Waals surface area contributed by atoms with Gasteiger partial charge >= 0.3 is 5.97 Å². The number of amides is 1. The molecule has 7 nitrogen and oxygen atoms in total. The van der Waals surface area contributed by atoms with E-state index >= 15 is 0 Å². The summed E-state index contributed by atoms with van der Waals surface area (Å²) in [6.45, 7) is 2.37. The van der Waals surface area contributed by atoms with Crippen molar-refractivity contribution in [3.05, 3.63) is 78.1 Å². The van der Waals surface area contributed by atoms with Crippen molar-refractivity contribution in [1.29, 1.82) is 0 Å². The van der Waals surface area contributed by atoms with Crippen LogP contribution in [-0.2, 0) is 9.53 Å². The summed E-state index contributed by atoms with van der Waals surface area (Å²) in [6.07, 6.45) is 0.633. The summed E-state index contributed by atoms with van der Waals surface area (Å²) in [4.78, 5) is 39.4. The van der Waals surface area contributed by atoms with Gasteiger partial charge in [-0.3, -0.25) is 9.59 Å². The molecule has 0 N–H and O–H groups in total. The minimum absolute atomic E-state index is 0.199. The van der Waals surface area contributed by atoms with Crippen molar-refractivity contribution in [3.63, 3.8) is 0 Å². The van der Waals surface area contributed by atoms with Crippen LogP contribution in [-0.4, -0.2) is 55.8 Å². The van der Waals surface area contributed by atoms with E-state index in [2.05, 4.69) is 17.0 Å². The molecule has 0 saturated carbocycles. The Kier molecular flexibility index (Phi) is 6.12. The molecule has 2 heterocycles. The monoisotopic (exact) mass is 418 g/mol. The van der Waals surface area contributed by atoms with Crippen molar-refractivity contribution in [2.45, 2.75) is 0 Å². The second-order valence-corrected chi connectivity index (χ2v) is 7.18. The Balaban J connectivity index is 1.26. The van der Waals surface area contributed by atoms with E-state index in [4.69, 9.17) is 9.15 Å². The van der Waals surface area contributed by atoms with Gasteiger partial charge in [0.05, 0.1) is 5.56 Å². The smallest absolute Gasteiger partial charge is 0.338 e. The third-order valence-corrected chi connectivity index (χ3v) is 5.23. The summed E-state index contributed by atoms with van der Waals surface area (Å²) in [5.41, 5.74) is 2.21. The molecule has 0 spiro atoms. The van der Waals surface area contributed by atoms with Crippen LogP contribution in [0.3, 0.4) is 0 Å². The average Bonchev–Trinajstić information content (AvgIpc) is 3.32. The van der Waals surface area contributed by atoms with Crippen LogP contribution < -0.4 is 4.90 Å². The van der Waals surface area contributed by atoms with Crippen LogP contribution in [0.1, 0.15) is 20.9 Å². The Labute approximate surface area is 179 Å². The summed E-state index contributed by atoms with van der Waals surface area (Å²) >= 11 is 0. The minimum atomic E-state index is -0.559. The summed E-state index contributed by atoms with van der Waals surface area (Å²) in [7, 11) is 0. The van der Waals surface area contributed by atoms with Gasteiger partial charge in [0.1, 0.15) is 5.76 Å². The number of benzene rings is 2. The maximum atomic E-state index is 12.4. The van der Waals surface area contributed by atoms with Crippen molar-refractivity contribution in [3.8, 4) is 11.3 Å². The maximum absolute atomic E-state index is 12.4. The molecule has 1 amide bonds. The fraction of sp³-hybridized carbons (Fsp3) is 0.208. The van der Waals surface area contributed by atoms with Gasteiger partial charge in [0.2, 0.25) is 0 Å². The highest BCUT2D eigenvalue weighted by Gasteiger charge is 2.22. The lowest BCUT2D eigenvalue weighted by atomic mass is 10.1. The topological polar surface area (TPSA) is 80.1 Å². The molecule has 31 heavy (non-hydrogen) atoms. The highest BCUT2D eigenvalue weighted by atomic mass is 16.5. The van der Waals surface area contributed by atoms with Crippen LogP contribution >= 0.6 is 0 Å². The minimum Gasteiger partial charge on any atom is -0.453 e. The zero-order chi connectivity index (χ0) is 21.6. The molecule has 0 bridgehead atoms. The first-order valence-electron chi connectivity index (χ1n) is 10.0. The maximum Gasteiger partial charge on any atom is 0.338 e. The van der Waals surface area contributed by atoms with Crippen LogP contribution in [0.5, 0.6) is 0 Å². The zero-order valence-electron chi connectivity index (χ0n) is 16.9. The number of esters is 1. The Hall–Kier alpha value is -3.87. The normalized spacial score (nSPS) is 13.7. The van der Waals surface area contributed by atoms with Crippen LogP contribution in [0.25, 0.3) is 11.3 Å². The average molecular weight is 418 g/mol. The third kappa shape index (κ3) is 4.83. The highest BCUT2D eigenvalue weighted by Crippen LogP contribution is 2.22. The third-order valence-electron chi connectivity index (χ3n) is 5.23. The molecule has 1 aromatic heterocycles. The quantitative estimate of drug-likeness (QED) is 0.452. The van der Waals surface area contributed by atoms with Crippen LogP contribution in [0, 0.1) is 0 Å². The van der Waals surface area contributed by atoms with Gasteiger partial charge < -0.3 is 19.0 Å². The highest BCUT2D eigenvalue weighted by molar-refractivity contribution is 5.91. The van der Waals surface area contributed by atoms with Gasteiger partial charge in [0.25, 0.3) is 5.91 Å². The summed E-state index contributed by atoms with van der Waals surface area (Å²) < 4.78 is 10.6. The molecular formula is C24H22N2O5. The van der Waals surface area contributed by atoms with E-state index in [0.29, 0.717) is 30.7 Å². The second-order valence-electron chi connectivity index (χ2n) is 7.18. The van der Waals surface area contributed by atoms with Crippen LogP contribution in [0.4, 0.5) is 5.69 Å². The lowest BCUT2D eigenvalue weighted by molar-refractivity contribution is -0.134. The number of aldehydes is 1. The number of nitrogens with zero attached hydrogens (tertiary/aromatic N) is 2. The SMILES string of the molecule is O=Cc1ccc(-c2ccc(C(=O)OCC(=O)N3CCN(c4ccccc4)CC3)cc2)o1. The lowest BCUT2D eigenvalue weighted by Crippen LogP contribution is -2.49.